The summed E-state index contributed by atoms with van der Waals surface area (Å²) in [5, 5.41) is 0.660. The van der Waals surface area contributed by atoms with Crippen molar-refractivity contribution in [2.24, 2.45) is 0 Å². The van der Waals surface area contributed by atoms with E-state index < -0.39 is 11.9 Å². The SMILES string of the molecule is COc1cccc(OC)c1-c1ncc2ccc(=O)n(Cc3ccc(-c4nc(C(F)(F)F)cn4C(C)C)cc3)c2n1. The topological polar surface area (TPSA) is 84.1 Å². The van der Waals surface area contributed by atoms with E-state index in [0.717, 1.165) is 11.8 Å². The Bertz CT molecular complexity index is 1720. The number of aromatic nitrogens is 5. The molecule has 3 aromatic heterocycles. The number of methoxy groups -OCH3 is 2. The molecular weight excluding hydrogens is 523 g/mol. The summed E-state index contributed by atoms with van der Waals surface area (Å²) in [5.41, 5.74) is 1.06. The van der Waals surface area contributed by atoms with Crippen molar-refractivity contribution in [3.63, 3.8) is 0 Å². The molecule has 0 aliphatic carbocycles. The Morgan fingerprint density at radius 1 is 0.925 bits per heavy atom. The molecule has 0 aliphatic heterocycles. The van der Waals surface area contributed by atoms with Gasteiger partial charge in [-0.25, -0.2) is 15.0 Å². The fraction of sp³-hybridized carbons (Fsp3) is 0.241. The number of ether oxygens (including phenoxy) is 2. The molecule has 0 radical (unpaired) electrons. The molecule has 0 amide bonds. The lowest BCUT2D eigenvalue weighted by Gasteiger charge is -2.14. The zero-order chi connectivity index (χ0) is 28.6. The molecule has 0 aliphatic rings. The van der Waals surface area contributed by atoms with Gasteiger partial charge in [0, 0.05) is 35.5 Å². The molecule has 0 saturated carbocycles. The Hall–Kier alpha value is -4.67. The second-order valence-electron chi connectivity index (χ2n) is 9.41. The third kappa shape index (κ3) is 5.02. The Morgan fingerprint density at radius 3 is 2.20 bits per heavy atom. The Balaban J connectivity index is 1.54. The van der Waals surface area contributed by atoms with E-state index in [-0.39, 0.29) is 24.0 Å². The lowest BCUT2D eigenvalue weighted by atomic mass is 10.1. The van der Waals surface area contributed by atoms with Crippen molar-refractivity contribution >= 4 is 11.0 Å². The van der Waals surface area contributed by atoms with Crippen LogP contribution in [0.5, 0.6) is 11.5 Å². The Morgan fingerprint density at radius 2 is 1.60 bits per heavy atom. The molecule has 2 aromatic carbocycles. The maximum Gasteiger partial charge on any atom is 0.434 e. The molecule has 0 unspecified atom stereocenters. The van der Waals surface area contributed by atoms with Crippen LogP contribution in [0, 0.1) is 0 Å². The van der Waals surface area contributed by atoms with Gasteiger partial charge in [-0.15, -0.1) is 0 Å². The van der Waals surface area contributed by atoms with E-state index in [2.05, 4.69) is 9.97 Å². The van der Waals surface area contributed by atoms with Crippen LogP contribution >= 0.6 is 0 Å². The van der Waals surface area contributed by atoms with Gasteiger partial charge in [0.2, 0.25) is 0 Å². The molecule has 206 valence electrons. The Labute approximate surface area is 227 Å². The quantitative estimate of drug-likeness (QED) is 0.248. The molecule has 0 bridgehead atoms. The van der Waals surface area contributed by atoms with Gasteiger partial charge in [-0.1, -0.05) is 30.3 Å². The molecule has 0 spiro atoms. The average Bonchev–Trinajstić information content (AvgIpc) is 3.41. The van der Waals surface area contributed by atoms with E-state index in [1.807, 2.05) is 0 Å². The molecule has 0 fully saturated rings. The summed E-state index contributed by atoms with van der Waals surface area (Å²) in [6.45, 7) is 3.77. The van der Waals surface area contributed by atoms with Crippen molar-refractivity contribution in [1.82, 2.24) is 24.1 Å². The molecule has 5 aromatic rings. The normalized spacial score (nSPS) is 11.8. The highest BCUT2D eigenvalue weighted by Gasteiger charge is 2.35. The molecule has 5 rings (SSSR count). The van der Waals surface area contributed by atoms with Gasteiger partial charge < -0.3 is 14.0 Å². The van der Waals surface area contributed by atoms with Crippen molar-refractivity contribution < 1.29 is 22.6 Å². The van der Waals surface area contributed by atoms with Gasteiger partial charge in [0.15, 0.2) is 11.5 Å². The van der Waals surface area contributed by atoms with Crippen LogP contribution in [0.4, 0.5) is 13.2 Å². The number of rotatable bonds is 7. The van der Waals surface area contributed by atoms with Gasteiger partial charge in [-0.05, 0) is 37.6 Å². The van der Waals surface area contributed by atoms with Crippen LogP contribution < -0.4 is 15.0 Å². The van der Waals surface area contributed by atoms with Crippen LogP contribution in [0.2, 0.25) is 0 Å². The first-order valence-electron chi connectivity index (χ1n) is 12.4. The second-order valence-corrected chi connectivity index (χ2v) is 9.41. The standard InChI is InChI=1S/C29H26F3N5O3/c1-17(2)36-16-23(29(30,31)32)34-27(36)19-10-8-18(9-11-19)15-37-24(38)13-12-20-14-33-26(35-28(20)37)25-21(39-3)6-5-7-22(25)40-4/h5-14,16-17H,15H2,1-4H3. The number of benzene rings is 2. The highest BCUT2D eigenvalue weighted by molar-refractivity contribution is 5.79. The number of fused-ring (bicyclic) bond motifs is 1. The van der Waals surface area contributed by atoms with Crippen LogP contribution in [-0.4, -0.2) is 38.3 Å². The minimum Gasteiger partial charge on any atom is -0.496 e. The lowest BCUT2D eigenvalue weighted by Crippen LogP contribution is -2.21. The predicted octanol–water partition coefficient (Wildman–Crippen LogP) is 5.99. The summed E-state index contributed by atoms with van der Waals surface area (Å²) >= 11 is 0. The van der Waals surface area contributed by atoms with E-state index >= 15 is 0 Å². The minimum absolute atomic E-state index is 0.183. The molecule has 3 heterocycles. The summed E-state index contributed by atoms with van der Waals surface area (Å²) in [7, 11) is 3.08. The summed E-state index contributed by atoms with van der Waals surface area (Å²) in [6, 6.07) is 15.1. The van der Waals surface area contributed by atoms with Gasteiger partial charge in [-0.3, -0.25) is 9.36 Å². The van der Waals surface area contributed by atoms with Gasteiger partial charge in [0.25, 0.3) is 5.56 Å². The second kappa shape index (κ2) is 10.5. The van der Waals surface area contributed by atoms with Crippen LogP contribution in [-0.2, 0) is 12.7 Å². The average molecular weight is 550 g/mol. The third-order valence-corrected chi connectivity index (χ3v) is 6.51. The number of alkyl halides is 3. The first-order chi connectivity index (χ1) is 19.1. The van der Waals surface area contributed by atoms with Crippen LogP contribution in [0.25, 0.3) is 33.8 Å². The number of hydrogen-bond donors (Lipinski definition) is 0. The highest BCUT2D eigenvalue weighted by Crippen LogP contribution is 2.37. The summed E-state index contributed by atoms with van der Waals surface area (Å²) in [5.74, 6) is 1.59. The van der Waals surface area contributed by atoms with Crippen molar-refractivity contribution in [2.45, 2.75) is 32.6 Å². The molecule has 40 heavy (non-hydrogen) atoms. The molecule has 0 N–H and O–H groups in total. The molecule has 0 saturated heterocycles. The van der Waals surface area contributed by atoms with Gasteiger partial charge in [-0.2, -0.15) is 13.2 Å². The fourth-order valence-corrected chi connectivity index (χ4v) is 4.50. The van der Waals surface area contributed by atoms with E-state index in [9.17, 15) is 18.0 Å². The van der Waals surface area contributed by atoms with Gasteiger partial charge >= 0.3 is 6.18 Å². The minimum atomic E-state index is -4.54. The Kier molecular flexibility index (Phi) is 7.05. The molecule has 8 nitrogen and oxygen atoms in total. The fourth-order valence-electron chi connectivity index (χ4n) is 4.50. The highest BCUT2D eigenvalue weighted by atomic mass is 19.4. The summed E-state index contributed by atoms with van der Waals surface area (Å²) in [6.07, 6.45) is -1.89. The zero-order valence-electron chi connectivity index (χ0n) is 22.2. The molecular formula is C29H26F3N5O3. The number of hydrogen-bond acceptors (Lipinski definition) is 6. The van der Waals surface area contributed by atoms with Crippen molar-refractivity contribution in [2.75, 3.05) is 14.2 Å². The zero-order valence-corrected chi connectivity index (χ0v) is 22.2. The lowest BCUT2D eigenvalue weighted by molar-refractivity contribution is -0.140. The van der Waals surface area contributed by atoms with E-state index in [1.165, 1.54) is 29.4 Å². The maximum absolute atomic E-state index is 13.3. The van der Waals surface area contributed by atoms with Gasteiger partial charge in [0.05, 0.1) is 20.8 Å². The maximum atomic E-state index is 13.3. The van der Waals surface area contributed by atoms with Crippen molar-refractivity contribution in [3.8, 4) is 34.3 Å². The first-order valence-corrected chi connectivity index (χ1v) is 12.4. The van der Waals surface area contributed by atoms with Crippen molar-refractivity contribution in [1.29, 1.82) is 0 Å². The predicted molar refractivity (Wildman–Crippen MR) is 144 cm³/mol. The van der Waals surface area contributed by atoms with Crippen LogP contribution in [0.3, 0.4) is 0 Å². The number of nitrogens with zero attached hydrogens (tertiary/aromatic N) is 5. The van der Waals surface area contributed by atoms with Crippen LogP contribution in [0.1, 0.15) is 31.1 Å². The summed E-state index contributed by atoms with van der Waals surface area (Å²) < 4.78 is 54.0. The first kappa shape index (κ1) is 26.9. The number of imidazole rings is 1. The van der Waals surface area contributed by atoms with E-state index in [0.29, 0.717) is 39.5 Å². The molecule has 0 atom stereocenters. The van der Waals surface area contributed by atoms with E-state index in [4.69, 9.17) is 14.5 Å². The van der Waals surface area contributed by atoms with Gasteiger partial charge in [0.1, 0.15) is 28.5 Å². The largest absolute Gasteiger partial charge is 0.496 e. The monoisotopic (exact) mass is 549 g/mol. The summed E-state index contributed by atoms with van der Waals surface area (Å²) in [4.78, 5) is 26.0. The number of halogens is 3. The van der Waals surface area contributed by atoms with Crippen molar-refractivity contribution in [3.05, 3.63) is 88.6 Å². The molecule has 11 heteroatoms. The smallest absolute Gasteiger partial charge is 0.434 e. The third-order valence-electron chi connectivity index (χ3n) is 6.51. The number of pyridine rings is 1. The van der Waals surface area contributed by atoms with E-state index in [1.54, 1.807) is 68.6 Å². The van der Waals surface area contributed by atoms with Crippen LogP contribution in [0.15, 0.2) is 71.8 Å².